The molecule has 0 N–H and O–H groups in total. The van der Waals surface area contributed by atoms with E-state index in [0.717, 1.165) is 6.42 Å². The highest BCUT2D eigenvalue weighted by Gasteiger charge is 2.44. The fraction of sp³-hybridized carbons (Fsp3) is 0.167. The highest BCUT2D eigenvalue weighted by molar-refractivity contribution is 5.98. The van der Waals surface area contributed by atoms with Gasteiger partial charge in [-0.15, -0.1) is 0 Å². The Morgan fingerprint density at radius 2 is 1.85 bits per heavy atom. The van der Waals surface area contributed by atoms with Gasteiger partial charge in [-0.25, -0.2) is 0 Å². The van der Waals surface area contributed by atoms with Crippen LogP contribution < -0.4 is 0 Å². The minimum atomic E-state index is 0.0855. The van der Waals surface area contributed by atoms with Gasteiger partial charge in [0.25, 0.3) is 0 Å². The van der Waals surface area contributed by atoms with E-state index < -0.39 is 0 Å². The predicted molar refractivity (Wildman–Crippen MR) is 77.8 cm³/mol. The Hall–Kier alpha value is -2.35. The first-order valence-electron chi connectivity index (χ1n) is 6.89. The largest absolute Gasteiger partial charge is 0.461 e. The molecule has 98 valence electrons. The molecule has 1 aromatic heterocycles. The van der Waals surface area contributed by atoms with E-state index in [4.69, 9.17) is 4.42 Å². The summed E-state index contributed by atoms with van der Waals surface area (Å²) in [5.41, 5.74) is 1.26. The van der Waals surface area contributed by atoms with Gasteiger partial charge in [0, 0.05) is 5.92 Å². The van der Waals surface area contributed by atoms with E-state index >= 15 is 0 Å². The van der Waals surface area contributed by atoms with E-state index in [1.807, 2.05) is 12.1 Å². The summed E-state index contributed by atoms with van der Waals surface area (Å²) in [7, 11) is 0. The minimum absolute atomic E-state index is 0.0855. The summed E-state index contributed by atoms with van der Waals surface area (Å²) in [6, 6.07) is 18.3. The van der Waals surface area contributed by atoms with E-state index in [1.54, 1.807) is 18.4 Å². The van der Waals surface area contributed by atoms with Crippen LogP contribution in [0.25, 0.3) is 10.8 Å². The van der Waals surface area contributed by atoms with Gasteiger partial charge in [0.2, 0.25) is 5.78 Å². The number of furan rings is 1. The van der Waals surface area contributed by atoms with Crippen molar-refractivity contribution in [1.82, 2.24) is 0 Å². The van der Waals surface area contributed by atoms with E-state index in [2.05, 4.69) is 30.3 Å². The van der Waals surface area contributed by atoms with Crippen LogP contribution in [0.2, 0.25) is 0 Å². The van der Waals surface area contributed by atoms with Crippen molar-refractivity contribution in [3.8, 4) is 0 Å². The summed E-state index contributed by atoms with van der Waals surface area (Å²) in [6.07, 6.45) is 2.48. The Morgan fingerprint density at radius 1 is 1.00 bits per heavy atom. The number of carbonyl (C=O) groups is 1. The van der Waals surface area contributed by atoms with Crippen molar-refractivity contribution < 1.29 is 9.21 Å². The first kappa shape index (κ1) is 11.5. The molecule has 2 aromatic carbocycles. The molecule has 1 aliphatic rings. The number of hydrogen-bond donors (Lipinski definition) is 0. The van der Waals surface area contributed by atoms with Crippen LogP contribution >= 0.6 is 0 Å². The van der Waals surface area contributed by atoms with Crippen molar-refractivity contribution in [2.24, 2.45) is 5.92 Å². The fourth-order valence-corrected chi connectivity index (χ4v) is 2.89. The number of fused-ring (bicyclic) bond motifs is 1. The normalized spacial score (nSPS) is 21.0. The lowest BCUT2D eigenvalue weighted by molar-refractivity contribution is 0.0938. The van der Waals surface area contributed by atoms with Crippen molar-refractivity contribution in [3.05, 3.63) is 72.2 Å². The zero-order valence-corrected chi connectivity index (χ0v) is 11.0. The van der Waals surface area contributed by atoms with E-state index in [0.29, 0.717) is 11.7 Å². The molecule has 4 rings (SSSR count). The van der Waals surface area contributed by atoms with Gasteiger partial charge in [0.05, 0.1) is 6.26 Å². The van der Waals surface area contributed by atoms with Crippen molar-refractivity contribution in [2.45, 2.75) is 12.3 Å². The zero-order valence-electron chi connectivity index (χ0n) is 11.0. The summed E-state index contributed by atoms with van der Waals surface area (Å²) >= 11 is 0. The van der Waals surface area contributed by atoms with Crippen LogP contribution in [-0.2, 0) is 0 Å². The second kappa shape index (κ2) is 4.34. The molecule has 2 nitrogen and oxygen atoms in total. The third-order valence-electron chi connectivity index (χ3n) is 4.09. The van der Waals surface area contributed by atoms with Crippen LogP contribution in [0.15, 0.2) is 65.3 Å². The second-order valence-electron chi connectivity index (χ2n) is 5.40. The first-order valence-corrected chi connectivity index (χ1v) is 6.89. The maximum absolute atomic E-state index is 12.2. The molecular formula is C18H14O2. The molecule has 0 radical (unpaired) electrons. The lowest BCUT2D eigenvalue weighted by Crippen LogP contribution is -2.01. The molecule has 1 saturated carbocycles. The summed E-state index contributed by atoms with van der Waals surface area (Å²) in [5.74, 6) is 1.05. The maximum atomic E-state index is 12.2. The predicted octanol–water partition coefficient (Wildman–Crippen LogP) is 4.42. The number of Topliss-reactive ketones (excluding diaryl/α,β-unsaturated/α-hetero) is 1. The standard InChI is InChI=1S/C18H14O2/c19-18(17-6-3-9-20-17)16-11-15(16)14-8-7-12-4-1-2-5-13(12)10-14/h1-10,15-16H,11H2. The lowest BCUT2D eigenvalue weighted by atomic mass is 10.0. The highest BCUT2D eigenvalue weighted by Crippen LogP contribution is 2.49. The Kier molecular flexibility index (Phi) is 2.49. The minimum Gasteiger partial charge on any atom is -0.461 e. The van der Waals surface area contributed by atoms with E-state index in [-0.39, 0.29) is 11.7 Å². The molecule has 1 heterocycles. The van der Waals surface area contributed by atoms with E-state index in [9.17, 15) is 4.79 Å². The quantitative estimate of drug-likeness (QED) is 0.654. The van der Waals surface area contributed by atoms with Gasteiger partial charge in [-0.05, 0) is 40.8 Å². The van der Waals surface area contributed by atoms with Gasteiger partial charge in [-0.1, -0.05) is 42.5 Å². The van der Waals surface area contributed by atoms with Gasteiger partial charge in [0.15, 0.2) is 5.76 Å². The smallest absolute Gasteiger partial charge is 0.201 e. The van der Waals surface area contributed by atoms with Crippen molar-refractivity contribution in [2.75, 3.05) is 0 Å². The third-order valence-corrected chi connectivity index (χ3v) is 4.09. The van der Waals surface area contributed by atoms with Gasteiger partial charge in [-0.3, -0.25) is 4.79 Å². The number of benzene rings is 2. The Bertz CT molecular complexity index is 771. The molecule has 2 atom stereocenters. The molecule has 2 unspecified atom stereocenters. The Morgan fingerprint density at radius 3 is 2.65 bits per heavy atom. The molecule has 2 heteroatoms. The Labute approximate surface area is 117 Å². The molecule has 0 spiro atoms. The average molecular weight is 262 g/mol. The summed E-state index contributed by atoms with van der Waals surface area (Å²) in [4.78, 5) is 12.2. The number of ketones is 1. The molecular weight excluding hydrogens is 248 g/mol. The van der Waals surface area contributed by atoms with E-state index in [1.165, 1.54) is 16.3 Å². The van der Waals surface area contributed by atoms with Crippen LogP contribution in [-0.4, -0.2) is 5.78 Å². The molecule has 3 aromatic rings. The van der Waals surface area contributed by atoms with Crippen LogP contribution in [0.5, 0.6) is 0 Å². The third kappa shape index (κ3) is 1.85. The number of hydrogen-bond acceptors (Lipinski definition) is 2. The van der Waals surface area contributed by atoms with Crippen LogP contribution in [0.4, 0.5) is 0 Å². The summed E-state index contributed by atoms with van der Waals surface area (Å²) < 4.78 is 5.20. The van der Waals surface area contributed by atoms with Crippen LogP contribution in [0.3, 0.4) is 0 Å². The zero-order chi connectivity index (χ0) is 13.5. The number of rotatable bonds is 3. The molecule has 0 amide bonds. The maximum Gasteiger partial charge on any atom is 0.201 e. The molecule has 0 aliphatic heterocycles. The monoisotopic (exact) mass is 262 g/mol. The second-order valence-corrected chi connectivity index (χ2v) is 5.40. The van der Waals surface area contributed by atoms with Gasteiger partial charge in [0.1, 0.15) is 0 Å². The summed E-state index contributed by atoms with van der Waals surface area (Å²) in [5, 5.41) is 2.48. The summed E-state index contributed by atoms with van der Waals surface area (Å²) in [6.45, 7) is 0. The van der Waals surface area contributed by atoms with Gasteiger partial charge < -0.3 is 4.42 Å². The van der Waals surface area contributed by atoms with Crippen molar-refractivity contribution >= 4 is 16.6 Å². The average Bonchev–Trinajstić information content (AvgIpc) is 3.11. The highest BCUT2D eigenvalue weighted by atomic mass is 16.3. The first-order chi connectivity index (χ1) is 9.83. The van der Waals surface area contributed by atoms with Crippen molar-refractivity contribution in [1.29, 1.82) is 0 Å². The van der Waals surface area contributed by atoms with Crippen LogP contribution in [0, 0.1) is 5.92 Å². The number of carbonyl (C=O) groups excluding carboxylic acids is 1. The fourth-order valence-electron chi connectivity index (χ4n) is 2.89. The molecule has 0 saturated heterocycles. The van der Waals surface area contributed by atoms with Gasteiger partial charge >= 0.3 is 0 Å². The molecule has 0 bridgehead atoms. The SMILES string of the molecule is O=C(c1ccco1)C1CC1c1ccc2ccccc2c1. The lowest BCUT2D eigenvalue weighted by Gasteiger charge is -2.02. The van der Waals surface area contributed by atoms with Crippen LogP contribution in [0.1, 0.15) is 28.5 Å². The van der Waals surface area contributed by atoms with Gasteiger partial charge in [-0.2, -0.15) is 0 Å². The molecule has 20 heavy (non-hydrogen) atoms. The topological polar surface area (TPSA) is 30.2 Å². The molecule has 1 fully saturated rings. The Balaban J connectivity index is 1.61. The molecule has 1 aliphatic carbocycles. The van der Waals surface area contributed by atoms with Crippen molar-refractivity contribution in [3.63, 3.8) is 0 Å².